The fourth-order valence-electron chi connectivity index (χ4n) is 2.22. The minimum absolute atomic E-state index is 0.250. The fraction of sp³-hybridized carbons (Fsp3) is 0.600. The molecular weight excluding hydrogens is 318 g/mol. The van der Waals surface area contributed by atoms with Gasteiger partial charge < -0.3 is 0 Å². The molecule has 1 rings (SSSR count). The van der Waals surface area contributed by atoms with E-state index in [4.69, 9.17) is 0 Å². The molecule has 0 fully saturated rings. The van der Waals surface area contributed by atoms with Gasteiger partial charge in [-0.3, -0.25) is 3.71 Å². The molecule has 0 saturated heterocycles. The molecule has 23 heavy (non-hydrogen) atoms. The molecule has 1 nitrogen and oxygen atoms in total. The van der Waals surface area contributed by atoms with E-state index in [0.29, 0.717) is 0 Å². The van der Waals surface area contributed by atoms with Crippen LogP contribution in [0.25, 0.3) is 6.08 Å². The van der Waals surface area contributed by atoms with E-state index in [2.05, 4.69) is 101 Å². The van der Waals surface area contributed by atoms with Crippen LogP contribution in [0.1, 0.15) is 47.1 Å². The maximum Gasteiger partial charge on any atom is 0.0558 e. The number of anilines is 1. The molecule has 0 aliphatic rings. The van der Waals surface area contributed by atoms with Crippen molar-refractivity contribution in [1.29, 1.82) is 0 Å². The Balaban J connectivity index is 3.58. The van der Waals surface area contributed by atoms with Crippen molar-refractivity contribution in [2.75, 3.05) is 28.7 Å². The zero-order valence-electron chi connectivity index (χ0n) is 16.9. The monoisotopic (exact) mass is 355 g/mol. The van der Waals surface area contributed by atoms with Crippen LogP contribution in [0.2, 0.25) is 0 Å². The van der Waals surface area contributed by atoms with Crippen LogP contribution in [-0.2, 0) is 0 Å². The molecule has 0 aliphatic carbocycles. The number of hydrogen-bond acceptors (Lipinski definition) is 1. The zero-order valence-corrected chi connectivity index (χ0v) is 18.5. The Bertz CT molecular complexity index is 516. The van der Waals surface area contributed by atoms with E-state index in [0.717, 1.165) is 0 Å². The van der Waals surface area contributed by atoms with Crippen LogP contribution < -0.4 is 3.71 Å². The van der Waals surface area contributed by atoms with Crippen LogP contribution >= 0.6 is 20.4 Å². The molecule has 0 unspecified atom stereocenters. The van der Waals surface area contributed by atoms with Gasteiger partial charge in [0.1, 0.15) is 0 Å². The van der Waals surface area contributed by atoms with Crippen LogP contribution in [0.5, 0.6) is 0 Å². The van der Waals surface area contributed by atoms with Gasteiger partial charge in [0, 0.05) is 9.49 Å². The second-order valence-corrected chi connectivity index (χ2v) is 17.3. The molecule has 0 N–H and O–H groups in total. The quantitative estimate of drug-likeness (QED) is 0.581. The summed E-state index contributed by atoms with van der Waals surface area (Å²) in [5.74, 6) is 0. The summed E-state index contributed by atoms with van der Waals surface area (Å²) in [7, 11) is -2.01. The Morgan fingerprint density at radius 3 is 1.39 bits per heavy atom. The normalized spacial score (nSPS) is 15.2. The van der Waals surface area contributed by atoms with Crippen molar-refractivity contribution in [2.45, 2.75) is 51.0 Å². The molecule has 0 aliphatic heterocycles. The smallest absolute Gasteiger partial charge is 0.0558 e. The lowest BCUT2D eigenvalue weighted by Crippen LogP contribution is -2.44. The van der Waals surface area contributed by atoms with E-state index in [1.807, 2.05) is 6.08 Å². The SMILES string of the molecule is C=Cc1ccc(N(S(C)(C)C(C)(C)C)S(C)(C)C(C)(C)C)cc1. The maximum absolute atomic E-state index is 3.88. The highest BCUT2D eigenvalue weighted by molar-refractivity contribution is 8.50. The van der Waals surface area contributed by atoms with Gasteiger partial charge in [0.15, 0.2) is 0 Å². The zero-order chi connectivity index (χ0) is 18.3. The topological polar surface area (TPSA) is 3.24 Å². The molecule has 0 amide bonds. The standard InChI is InChI=1S/C20H37NS2/c1-12-17-13-15-18(16-14-17)21(22(8,9)19(2,3)4)23(10,11)20(5,6)7/h12-16H,1H2,2-11H3. The molecule has 0 heterocycles. The van der Waals surface area contributed by atoms with E-state index >= 15 is 0 Å². The van der Waals surface area contributed by atoms with Crippen molar-refractivity contribution in [3.05, 3.63) is 36.4 Å². The van der Waals surface area contributed by atoms with Gasteiger partial charge in [0.05, 0.1) is 5.69 Å². The number of benzene rings is 1. The highest BCUT2D eigenvalue weighted by atomic mass is 32.3. The van der Waals surface area contributed by atoms with Crippen LogP contribution in [0.4, 0.5) is 5.69 Å². The first-order chi connectivity index (χ1) is 10.2. The summed E-state index contributed by atoms with van der Waals surface area (Å²) in [5.41, 5.74) is 2.53. The van der Waals surface area contributed by atoms with Gasteiger partial charge in [-0.15, -0.1) is 0 Å². The largest absolute Gasteiger partial charge is 0.297 e. The maximum atomic E-state index is 3.88. The lowest BCUT2D eigenvalue weighted by molar-refractivity contribution is 0.778. The van der Waals surface area contributed by atoms with Crippen LogP contribution in [0, 0.1) is 0 Å². The predicted molar refractivity (Wildman–Crippen MR) is 117 cm³/mol. The van der Waals surface area contributed by atoms with Crippen LogP contribution in [0.3, 0.4) is 0 Å². The van der Waals surface area contributed by atoms with E-state index in [-0.39, 0.29) is 9.49 Å². The minimum atomic E-state index is -1.01. The molecule has 0 radical (unpaired) electrons. The summed E-state index contributed by atoms with van der Waals surface area (Å²) < 4.78 is 3.28. The molecule has 0 aromatic heterocycles. The van der Waals surface area contributed by atoms with Crippen molar-refractivity contribution in [2.24, 2.45) is 0 Å². The van der Waals surface area contributed by atoms with Gasteiger partial charge in [-0.2, -0.15) is 20.4 Å². The Hall–Kier alpha value is -0.540. The molecule has 134 valence electrons. The second-order valence-electron chi connectivity index (χ2n) is 8.82. The Kier molecular flexibility index (Phi) is 5.71. The third-order valence-corrected chi connectivity index (χ3v) is 15.5. The summed E-state index contributed by atoms with van der Waals surface area (Å²) in [6.07, 6.45) is 11.8. The molecule has 0 bridgehead atoms. The number of nitrogens with zero attached hydrogens (tertiary/aromatic N) is 1. The third kappa shape index (κ3) is 3.93. The highest BCUT2D eigenvalue weighted by Gasteiger charge is 2.44. The van der Waals surface area contributed by atoms with E-state index in [1.54, 1.807) is 0 Å². The number of hydrogen-bond donors (Lipinski definition) is 0. The van der Waals surface area contributed by atoms with Crippen molar-refractivity contribution in [1.82, 2.24) is 0 Å². The Labute approximate surface area is 148 Å². The van der Waals surface area contributed by atoms with Gasteiger partial charge in [-0.1, -0.05) is 66.3 Å². The Morgan fingerprint density at radius 2 is 1.13 bits per heavy atom. The van der Waals surface area contributed by atoms with E-state index in [1.165, 1.54) is 11.3 Å². The van der Waals surface area contributed by atoms with Gasteiger partial charge >= 0.3 is 0 Å². The van der Waals surface area contributed by atoms with Gasteiger partial charge in [0.25, 0.3) is 0 Å². The van der Waals surface area contributed by atoms with Crippen molar-refractivity contribution in [3.8, 4) is 0 Å². The lowest BCUT2D eigenvalue weighted by atomic mass is 10.2. The molecule has 1 aromatic rings. The lowest BCUT2D eigenvalue weighted by Gasteiger charge is -2.65. The Morgan fingerprint density at radius 1 is 0.783 bits per heavy atom. The first-order valence-electron chi connectivity index (χ1n) is 8.15. The molecular formula is C20H37NS2. The molecule has 1 aromatic carbocycles. The minimum Gasteiger partial charge on any atom is -0.297 e. The number of rotatable bonds is 4. The van der Waals surface area contributed by atoms with Gasteiger partial charge in [-0.25, -0.2) is 0 Å². The summed E-state index contributed by atoms with van der Waals surface area (Å²) in [4.78, 5) is 0. The summed E-state index contributed by atoms with van der Waals surface area (Å²) in [5, 5.41) is 0. The van der Waals surface area contributed by atoms with Crippen LogP contribution in [0.15, 0.2) is 30.8 Å². The van der Waals surface area contributed by atoms with Crippen molar-refractivity contribution in [3.63, 3.8) is 0 Å². The highest BCUT2D eigenvalue weighted by Crippen LogP contribution is 2.71. The average molecular weight is 356 g/mol. The first kappa shape index (κ1) is 20.5. The van der Waals surface area contributed by atoms with Crippen LogP contribution in [-0.4, -0.2) is 34.5 Å². The van der Waals surface area contributed by atoms with E-state index in [9.17, 15) is 0 Å². The molecule has 3 heteroatoms. The fourth-order valence-corrected chi connectivity index (χ4v) is 9.58. The average Bonchev–Trinajstić information content (AvgIpc) is 2.36. The molecule has 0 atom stereocenters. The van der Waals surface area contributed by atoms with E-state index < -0.39 is 20.4 Å². The second kappa shape index (κ2) is 6.40. The summed E-state index contributed by atoms with van der Waals surface area (Å²) >= 11 is 0. The van der Waals surface area contributed by atoms with Gasteiger partial charge in [0.2, 0.25) is 0 Å². The van der Waals surface area contributed by atoms with Crippen molar-refractivity contribution >= 4 is 32.2 Å². The molecule has 0 saturated carbocycles. The van der Waals surface area contributed by atoms with Crippen molar-refractivity contribution < 1.29 is 0 Å². The predicted octanol–water partition coefficient (Wildman–Crippen LogP) is 6.69. The van der Waals surface area contributed by atoms with Gasteiger partial charge in [-0.05, 0) is 42.7 Å². The molecule has 0 spiro atoms. The summed E-state index contributed by atoms with van der Waals surface area (Å²) in [6, 6.07) is 8.92. The first-order valence-corrected chi connectivity index (χ1v) is 13.0. The summed E-state index contributed by atoms with van der Waals surface area (Å²) in [6.45, 7) is 18.2. The third-order valence-electron chi connectivity index (χ3n) is 5.17.